The normalized spacial score (nSPS) is 10.5. The molecule has 98 valence electrons. The van der Waals surface area contributed by atoms with Crippen molar-refractivity contribution in [2.24, 2.45) is 0 Å². The van der Waals surface area contributed by atoms with Crippen LogP contribution >= 0.6 is 23.4 Å². The van der Waals surface area contributed by atoms with Crippen LogP contribution in [0.1, 0.15) is 21.5 Å². The zero-order valence-corrected chi connectivity index (χ0v) is 12.5. The molecule has 19 heavy (non-hydrogen) atoms. The number of carbonyl (C=O) groups excluding carboxylic acids is 1. The first kappa shape index (κ1) is 14.2. The Morgan fingerprint density at radius 2 is 1.79 bits per heavy atom. The summed E-state index contributed by atoms with van der Waals surface area (Å²) in [5.41, 5.74) is 3.03. The molecular formula is C16H15ClOS. The molecule has 0 aliphatic heterocycles. The van der Waals surface area contributed by atoms with Crippen molar-refractivity contribution in [3.63, 3.8) is 0 Å². The largest absolute Gasteiger partial charge is 0.293 e. The van der Waals surface area contributed by atoms with Crippen LogP contribution in [0.2, 0.25) is 5.02 Å². The van der Waals surface area contributed by atoms with E-state index in [2.05, 4.69) is 6.07 Å². The Balaban J connectivity index is 2.05. The highest BCUT2D eigenvalue weighted by Gasteiger charge is 2.08. The Labute approximate surface area is 123 Å². The predicted molar refractivity (Wildman–Crippen MR) is 82.4 cm³/mol. The van der Waals surface area contributed by atoms with E-state index in [0.29, 0.717) is 10.8 Å². The summed E-state index contributed by atoms with van der Waals surface area (Å²) in [7, 11) is 0. The molecule has 0 bridgehead atoms. The van der Waals surface area contributed by atoms with Crippen molar-refractivity contribution in [3.05, 3.63) is 64.2 Å². The number of hydrogen-bond donors (Lipinski definition) is 0. The lowest BCUT2D eigenvalue weighted by molar-refractivity contribution is 0.102. The summed E-state index contributed by atoms with van der Waals surface area (Å²) in [4.78, 5) is 13.2. The third-order valence-electron chi connectivity index (χ3n) is 2.71. The number of benzene rings is 2. The zero-order valence-electron chi connectivity index (χ0n) is 10.9. The van der Waals surface area contributed by atoms with E-state index in [-0.39, 0.29) is 5.78 Å². The van der Waals surface area contributed by atoms with Gasteiger partial charge in [-0.25, -0.2) is 0 Å². The molecule has 0 fully saturated rings. The van der Waals surface area contributed by atoms with Gasteiger partial charge in [-0.15, -0.1) is 11.8 Å². The van der Waals surface area contributed by atoms with Crippen LogP contribution in [-0.2, 0) is 0 Å². The number of Topliss-reactive ketones (excluding diaryl/α,β-unsaturated/α-hetero) is 1. The topological polar surface area (TPSA) is 17.1 Å². The number of halogens is 1. The maximum atomic E-state index is 12.2. The quantitative estimate of drug-likeness (QED) is 0.586. The minimum absolute atomic E-state index is 0.150. The third-order valence-corrected chi connectivity index (χ3v) is 3.94. The fraction of sp³-hybridized carbons (Fsp3) is 0.188. The summed E-state index contributed by atoms with van der Waals surface area (Å²) < 4.78 is 0. The Hall–Kier alpha value is -1.25. The Kier molecular flexibility index (Phi) is 4.67. The van der Waals surface area contributed by atoms with E-state index < -0.39 is 0 Å². The van der Waals surface area contributed by atoms with Crippen LogP contribution in [0.25, 0.3) is 0 Å². The van der Waals surface area contributed by atoms with E-state index in [9.17, 15) is 4.79 Å². The highest BCUT2D eigenvalue weighted by atomic mass is 35.5. The molecule has 0 atom stereocenters. The van der Waals surface area contributed by atoms with Crippen LogP contribution in [0, 0.1) is 13.8 Å². The molecule has 0 unspecified atom stereocenters. The van der Waals surface area contributed by atoms with E-state index in [1.54, 1.807) is 0 Å². The van der Waals surface area contributed by atoms with Crippen molar-refractivity contribution in [2.75, 3.05) is 5.75 Å². The summed E-state index contributed by atoms with van der Waals surface area (Å²) in [5, 5.41) is 0.698. The first-order valence-corrected chi connectivity index (χ1v) is 7.41. The average Bonchev–Trinajstić information content (AvgIpc) is 2.35. The van der Waals surface area contributed by atoms with Gasteiger partial charge in [-0.3, -0.25) is 4.79 Å². The Morgan fingerprint density at radius 3 is 2.42 bits per heavy atom. The standard InChI is InChI=1S/C16H15ClOS/c1-11-6-12(2)8-13(7-11)16(18)10-19-15-5-3-4-14(17)9-15/h3-9H,10H2,1-2H3. The molecular weight excluding hydrogens is 276 g/mol. The summed E-state index contributed by atoms with van der Waals surface area (Å²) in [5.74, 6) is 0.584. The number of hydrogen-bond acceptors (Lipinski definition) is 2. The van der Waals surface area contributed by atoms with Crippen molar-refractivity contribution in [3.8, 4) is 0 Å². The Bertz CT molecular complexity index is 587. The first-order valence-electron chi connectivity index (χ1n) is 6.04. The number of ketones is 1. The smallest absolute Gasteiger partial charge is 0.173 e. The summed E-state index contributed by atoms with van der Waals surface area (Å²) in [6, 6.07) is 13.5. The lowest BCUT2D eigenvalue weighted by atomic mass is 10.1. The molecule has 0 radical (unpaired) electrons. The molecule has 2 aromatic rings. The number of thioether (sulfide) groups is 1. The molecule has 0 spiro atoms. The summed E-state index contributed by atoms with van der Waals surface area (Å²) in [6.07, 6.45) is 0. The number of carbonyl (C=O) groups is 1. The van der Waals surface area contributed by atoms with Crippen LogP contribution in [-0.4, -0.2) is 11.5 Å². The Morgan fingerprint density at radius 1 is 1.11 bits per heavy atom. The highest BCUT2D eigenvalue weighted by molar-refractivity contribution is 8.00. The molecule has 0 saturated carbocycles. The van der Waals surface area contributed by atoms with Gasteiger partial charge >= 0.3 is 0 Å². The van der Waals surface area contributed by atoms with Gasteiger partial charge in [-0.05, 0) is 44.2 Å². The van der Waals surface area contributed by atoms with Gasteiger partial charge in [0.25, 0.3) is 0 Å². The third kappa shape index (κ3) is 4.12. The molecule has 0 saturated heterocycles. The fourth-order valence-corrected chi connectivity index (χ4v) is 3.03. The second-order valence-corrected chi connectivity index (χ2v) is 6.03. The van der Waals surface area contributed by atoms with Gasteiger partial charge in [0.15, 0.2) is 5.78 Å². The van der Waals surface area contributed by atoms with E-state index >= 15 is 0 Å². The second kappa shape index (κ2) is 6.27. The zero-order chi connectivity index (χ0) is 13.8. The molecule has 0 amide bonds. The van der Waals surface area contributed by atoms with Crippen molar-refractivity contribution >= 4 is 29.1 Å². The van der Waals surface area contributed by atoms with Crippen LogP contribution in [0.15, 0.2) is 47.4 Å². The summed E-state index contributed by atoms with van der Waals surface area (Å²) >= 11 is 7.44. The fourth-order valence-electron chi connectivity index (χ4n) is 1.92. The van der Waals surface area contributed by atoms with Crippen LogP contribution < -0.4 is 0 Å². The maximum Gasteiger partial charge on any atom is 0.173 e. The second-order valence-electron chi connectivity index (χ2n) is 4.55. The molecule has 0 aromatic heterocycles. The highest BCUT2D eigenvalue weighted by Crippen LogP contribution is 2.22. The van der Waals surface area contributed by atoms with Crippen molar-refractivity contribution in [2.45, 2.75) is 18.7 Å². The van der Waals surface area contributed by atoms with E-state index in [4.69, 9.17) is 11.6 Å². The first-order chi connectivity index (χ1) is 9.04. The van der Waals surface area contributed by atoms with Crippen LogP contribution in [0.5, 0.6) is 0 Å². The van der Waals surface area contributed by atoms with Gasteiger partial charge in [0.05, 0.1) is 5.75 Å². The predicted octanol–water partition coefficient (Wildman–Crippen LogP) is 4.93. The molecule has 0 aliphatic rings. The van der Waals surface area contributed by atoms with Crippen LogP contribution in [0.4, 0.5) is 0 Å². The number of rotatable bonds is 4. The lowest BCUT2D eigenvalue weighted by Crippen LogP contribution is -2.03. The molecule has 2 rings (SSSR count). The van der Waals surface area contributed by atoms with E-state index in [0.717, 1.165) is 21.6 Å². The molecule has 0 heterocycles. The van der Waals surface area contributed by atoms with Gasteiger partial charge in [0.2, 0.25) is 0 Å². The van der Waals surface area contributed by atoms with Gasteiger partial charge in [0.1, 0.15) is 0 Å². The molecule has 1 nitrogen and oxygen atoms in total. The van der Waals surface area contributed by atoms with Crippen LogP contribution in [0.3, 0.4) is 0 Å². The lowest BCUT2D eigenvalue weighted by Gasteiger charge is -2.05. The maximum absolute atomic E-state index is 12.2. The van der Waals surface area contributed by atoms with E-state index in [1.165, 1.54) is 11.8 Å². The van der Waals surface area contributed by atoms with Crippen molar-refractivity contribution < 1.29 is 4.79 Å². The van der Waals surface area contributed by atoms with Gasteiger partial charge in [-0.2, -0.15) is 0 Å². The number of aryl methyl sites for hydroxylation is 2. The minimum atomic E-state index is 0.150. The van der Waals surface area contributed by atoms with Gasteiger partial charge in [0, 0.05) is 15.5 Å². The van der Waals surface area contributed by atoms with Crippen molar-refractivity contribution in [1.29, 1.82) is 0 Å². The molecule has 0 aliphatic carbocycles. The molecule has 2 aromatic carbocycles. The van der Waals surface area contributed by atoms with Crippen molar-refractivity contribution in [1.82, 2.24) is 0 Å². The minimum Gasteiger partial charge on any atom is -0.293 e. The average molecular weight is 291 g/mol. The molecule has 3 heteroatoms. The van der Waals surface area contributed by atoms with Gasteiger partial charge < -0.3 is 0 Å². The van der Waals surface area contributed by atoms with Gasteiger partial charge in [-0.1, -0.05) is 34.9 Å². The molecule has 0 N–H and O–H groups in total. The summed E-state index contributed by atoms with van der Waals surface area (Å²) in [6.45, 7) is 4.02. The van der Waals surface area contributed by atoms with E-state index in [1.807, 2.05) is 50.2 Å². The SMILES string of the molecule is Cc1cc(C)cc(C(=O)CSc2cccc(Cl)c2)c1. The monoisotopic (exact) mass is 290 g/mol.